The monoisotopic (exact) mass is 754 g/mol. The SMILES string of the molecule is CC(C)(C)c1ccc(N2c3cc(C(C)(C)C)ccc3B3c4ccc(C(C)(C)C)cc4N(c4ccc(-c5ccc6oc7ccccc7c6c5)cc4)c4cccc2c43)cc1. The number of hydrogen-bond donors (Lipinski definition) is 0. The number of nitrogens with zero attached hydrogens (tertiary/aromatic N) is 2. The van der Waals surface area contributed by atoms with Gasteiger partial charge in [-0.15, -0.1) is 0 Å². The first kappa shape index (κ1) is 36.4. The van der Waals surface area contributed by atoms with Gasteiger partial charge >= 0.3 is 0 Å². The van der Waals surface area contributed by atoms with Crippen molar-refractivity contribution in [3.8, 4) is 11.1 Å². The van der Waals surface area contributed by atoms with Crippen LogP contribution in [0, 0.1) is 0 Å². The molecule has 0 saturated heterocycles. The molecule has 2 aliphatic rings. The number of rotatable bonds is 3. The van der Waals surface area contributed by atoms with Gasteiger partial charge in [-0.25, -0.2) is 0 Å². The molecule has 0 bridgehead atoms. The molecule has 1 aromatic heterocycles. The quantitative estimate of drug-likeness (QED) is 0.168. The second-order valence-corrected chi connectivity index (χ2v) is 19.5. The second-order valence-electron chi connectivity index (χ2n) is 19.5. The van der Waals surface area contributed by atoms with Gasteiger partial charge in [-0.2, -0.15) is 0 Å². The third-order valence-corrected chi connectivity index (χ3v) is 12.6. The smallest absolute Gasteiger partial charge is 0.252 e. The fourth-order valence-electron chi connectivity index (χ4n) is 9.24. The van der Waals surface area contributed by atoms with Crippen LogP contribution in [0.2, 0.25) is 0 Å². The van der Waals surface area contributed by atoms with Gasteiger partial charge in [0.1, 0.15) is 11.2 Å². The van der Waals surface area contributed by atoms with Gasteiger partial charge in [0.15, 0.2) is 0 Å². The molecule has 286 valence electrons. The van der Waals surface area contributed by atoms with E-state index in [0.717, 1.165) is 27.6 Å². The van der Waals surface area contributed by atoms with Crippen molar-refractivity contribution in [1.82, 2.24) is 0 Å². The topological polar surface area (TPSA) is 19.6 Å². The predicted octanol–water partition coefficient (Wildman–Crippen LogP) is 13.2. The van der Waals surface area contributed by atoms with E-state index in [9.17, 15) is 0 Å². The first-order chi connectivity index (χ1) is 27.6. The third kappa shape index (κ3) is 5.79. The lowest BCUT2D eigenvalue weighted by atomic mass is 9.33. The fraction of sp³-hybridized carbons (Fsp3) is 0.222. The Balaban J connectivity index is 1.17. The Hall–Kier alpha value is -6.00. The molecule has 0 aliphatic carbocycles. The highest BCUT2D eigenvalue weighted by Gasteiger charge is 2.43. The van der Waals surface area contributed by atoms with Crippen molar-refractivity contribution in [2.45, 2.75) is 78.6 Å². The summed E-state index contributed by atoms with van der Waals surface area (Å²) >= 11 is 0. The molecule has 0 saturated carbocycles. The van der Waals surface area contributed by atoms with E-state index >= 15 is 0 Å². The maximum absolute atomic E-state index is 6.16. The number of anilines is 6. The van der Waals surface area contributed by atoms with E-state index < -0.39 is 0 Å². The van der Waals surface area contributed by atoms with Gasteiger partial charge in [0.2, 0.25) is 0 Å². The highest BCUT2D eigenvalue weighted by molar-refractivity contribution is 7.00. The highest BCUT2D eigenvalue weighted by Crippen LogP contribution is 2.46. The Morgan fingerprint density at radius 2 is 0.879 bits per heavy atom. The van der Waals surface area contributed by atoms with Crippen LogP contribution in [0.5, 0.6) is 0 Å². The van der Waals surface area contributed by atoms with Crippen LogP contribution >= 0.6 is 0 Å². The van der Waals surface area contributed by atoms with E-state index in [1.54, 1.807) is 0 Å². The average Bonchev–Trinajstić information content (AvgIpc) is 3.57. The number of hydrogen-bond acceptors (Lipinski definition) is 3. The molecule has 3 heterocycles. The molecule has 0 fully saturated rings. The summed E-state index contributed by atoms with van der Waals surface area (Å²) in [6.07, 6.45) is 0. The lowest BCUT2D eigenvalue weighted by Gasteiger charge is -2.45. The maximum atomic E-state index is 6.16. The summed E-state index contributed by atoms with van der Waals surface area (Å²) in [4.78, 5) is 5.05. The van der Waals surface area contributed by atoms with E-state index in [-0.39, 0.29) is 23.0 Å². The first-order valence-electron chi connectivity index (χ1n) is 20.8. The maximum Gasteiger partial charge on any atom is 0.252 e. The summed E-state index contributed by atoms with van der Waals surface area (Å²) in [7, 11) is 0. The van der Waals surface area contributed by atoms with Crippen LogP contribution in [0.15, 0.2) is 150 Å². The van der Waals surface area contributed by atoms with Gasteiger partial charge in [0, 0.05) is 44.9 Å². The minimum Gasteiger partial charge on any atom is -0.456 e. The zero-order valence-corrected chi connectivity index (χ0v) is 35.2. The Morgan fingerprint density at radius 3 is 1.43 bits per heavy atom. The Morgan fingerprint density at radius 1 is 0.397 bits per heavy atom. The molecular formula is C54H51BN2O. The molecule has 2 aliphatic heterocycles. The van der Waals surface area contributed by atoms with Gasteiger partial charge in [0.25, 0.3) is 6.71 Å². The van der Waals surface area contributed by atoms with Gasteiger partial charge in [-0.1, -0.05) is 141 Å². The van der Waals surface area contributed by atoms with Crippen LogP contribution in [0.1, 0.15) is 79.0 Å². The van der Waals surface area contributed by atoms with E-state index in [0.29, 0.717) is 0 Å². The molecule has 8 aromatic rings. The first-order valence-corrected chi connectivity index (χ1v) is 20.8. The molecule has 0 amide bonds. The zero-order chi connectivity index (χ0) is 40.3. The Labute approximate surface area is 344 Å². The number of furan rings is 1. The van der Waals surface area contributed by atoms with Crippen LogP contribution in [0.4, 0.5) is 34.1 Å². The molecule has 0 atom stereocenters. The molecule has 3 nitrogen and oxygen atoms in total. The average molecular weight is 755 g/mol. The van der Waals surface area contributed by atoms with E-state index in [1.807, 2.05) is 12.1 Å². The fourth-order valence-corrected chi connectivity index (χ4v) is 9.24. The molecule has 4 heteroatoms. The largest absolute Gasteiger partial charge is 0.456 e. The Bertz CT molecular complexity index is 2900. The molecule has 0 spiro atoms. The number of para-hydroxylation sites is 1. The summed E-state index contributed by atoms with van der Waals surface area (Å²) in [5.74, 6) is 0. The molecule has 10 rings (SSSR count). The normalized spacial score (nSPS) is 13.8. The standard InChI is InChI=1S/C54H51BN2O/c1-52(2,3)36-20-26-40(27-21-36)57-46-15-12-14-45-51(46)55(44-29-23-38(33-48(44)57)54(7,8)9)43-28-22-37(53(4,5)6)32-47(43)56(45)39-24-17-34(18-25-39)35-19-30-50-42(31-35)41-13-10-11-16-49(41)58-50/h10-33H,1-9H3. The zero-order valence-electron chi connectivity index (χ0n) is 35.2. The number of fused-ring (bicyclic) bond motifs is 7. The van der Waals surface area contributed by atoms with Crippen molar-refractivity contribution in [2.75, 3.05) is 9.80 Å². The molecule has 0 radical (unpaired) electrons. The summed E-state index contributed by atoms with van der Waals surface area (Å²) in [5, 5.41) is 2.29. The van der Waals surface area contributed by atoms with Gasteiger partial charge in [0.05, 0.1) is 0 Å². The van der Waals surface area contributed by atoms with Crippen LogP contribution in [-0.4, -0.2) is 6.71 Å². The van der Waals surface area contributed by atoms with Gasteiger partial charge < -0.3 is 14.2 Å². The van der Waals surface area contributed by atoms with Crippen molar-refractivity contribution < 1.29 is 4.42 Å². The summed E-state index contributed by atoms with van der Waals surface area (Å²) < 4.78 is 6.16. The molecule has 7 aromatic carbocycles. The molecule has 0 N–H and O–H groups in total. The van der Waals surface area contributed by atoms with Crippen LogP contribution in [0.3, 0.4) is 0 Å². The van der Waals surface area contributed by atoms with Crippen LogP contribution in [0.25, 0.3) is 33.1 Å². The minimum absolute atomic E-state index is 0.00598. The van der Waals surface area contributed by atoms with Gasteiger partial charge in [-0.3, -0.25) is 0 Å². The van der Waals surface area contributed by atoms with E-state index in [1.165, 1.54) is 72.6 Å². The van der Waals surface area contributed by atoms with E-state index in [4.69, 9.17) is 4.42 Å². The van der Waals surface area contributed by atoms with Crippen molar-refractivity contribution in [3.63, 3.8) is 0 Å². The van der Waals surface area contributed by atoms with Crippen molar-refractivity contribution in [2.24, 2.45) is 0 Å². The molecule has 0 unspecified atom stereocenters. The molecule has 58 heavy (non-hydrogen) atoms. The Kier molecular flexibility index (Phi) is 7.99. The number of benzene rings is 7. The summed E-state index contributed by atoms with van der Waals surface area (Å²) in [5.41, 5.74) is 19.6. The lowest BCUT2D eigenvalue weighted by Crippen LogP contribution is -2.61. The minimum atomic E-state index is -0.00924. The lowest BCUT2D eigenvalue weighted by molar-refractivity contribution is 0.590. The van der Waals surface area contributed by atoms with Crippen LogP contribution < -0.4 is 26.2 Å². The van der Waals surface area contributed by atoms with Gasteiger partial charge in [-0.05, 0) is 127 Å². The van der Waals surface area contributed by atoms with Crippen LogP contribution in [-0.2, 0) is 16.2 Å². The second kappa shape index (κ2) is 12.8. The highest BCUT2D eigenvalue weighted by atomic mass is 16.3. The van der Waals surface area contributed by atoms with Crippen molar-refractivity contribution in [3.05, 3.63) is 162 Å². The van der Waals surface area contributed by atoms with E-state index in [2.05, 4.69) is 206 Å². The van der Waals surface area contributed by atoms with Crippen molar-refractivity contribution >= 4 is 79.2 Å². The third-order valence-electron chi connectivity index (χ3n) is 12.6. The van der Waals surface area contributed by atoms with Crippen molar-refractivity contribution in [1.29, 1.82) is 0 Å². The molecular weight excluding hydrogens is 703 g/mol. The summed E-state index contributed by atoms with van der Waals surface area (Å²) in [6.45, 7) is 20.8. The summed E-state index contributed by atoms with van der Waals surface area (Å²) in [6, 6.07) is 54.7. The predicted molar refractivity (Wildman–Crippen MR) is 249 cm³/mol.